The summed E-state index contributed by atoms with van der Waals surface area (Å²) in [6.07, 6.45) is 0. The molecule has 88 valence electrons. The van der Waals surface area contributed by atoms with Gasteiger partial charge in [0.25, 0.3) is 5.69 Å². The van der Waals surface area contributed by atoms with Crippen LogP contribution in [0.5, 0.6) is 0 Å². The van der Waals surface area contributed by atoms with Crippen LogP contribution in [0.2, 0.25) is 0 Å². The molecule has 1 aromatic carbocycles. The van der Waals surface area contributed by atoms with Crippen LogP contribution in [0, 0.1) is 22.5 Å². The van der Waals surface area contributed by atoms with E-state index in [1.54, 1.807) is 6.07 Å². The fourth-order valence-corrected chi connectivity index (χ4v) is 1.39. The second-order valence-electron chi connectivity index (χ2n) is 5.14. The highest BCUT2D eigenvalue weighted by Crippen LogP contribution is 2.28. The normalized spacial score (nSPS) is 11.2. The Morgan fingerprint density at radius 3 is 2.50 bits per heavy atom. The Morgan fingerprint density at radius 2 is 2.00 bits per heavy atom. The lowest BCUT2D eigenvalue weighted by molar-refractivity contribution is -0.384. The molecule has 0 aliphatic heterocycles. The van der Waals surface area contributed by atoms with Gasteiger partial charge in [-0.15, -0.1) is 0 Å². The van der Waals surface area contributed by atoms with Gasteiger partial charge in [-0.25, -0.2) is 0 Å². The van der Waals surface area contributed by atoms with Crippen LogP contribution >= 0.6 is 0 Å². The Kier molecular flexibility index (Phi) is 3.52. The van der Waals surface area contributed by atoms with E-state index in [0.717, 1.165) is 5.56 Å². The zero-order valence-corrected chi connectivity index (χ0v) is 10.2. The molecule has 16 heavy (non-hydrogen) atoms. The van der Waals surface area contributed by atoms with Crippen molar-refractivity contribution in [1.82, 2.24) is 0 Å². The van der Waals surface area contributed by atoms with Crippen molar-refractivity contribution in [2.24, 2.45) is 5.41 Å². The number of benzene rings is 1. The first kappa shape index (κ1) is 12.5. The fourth-order valence-electron chi connectivity index (χ4n) is 1.39. The third kappa shape index (κ3) is 3.22. The quantitative estimate of drug-likeness (QED) is 0.630. The lowest BCUT2D eigenvalue weighted by Crippen LogP contribution is -2.20. The van der Waals surface area contributed by atoms with Gasteiger partial charge in [0, 0.05) is 12.6 Å². The number of nitro groups is 1. The largest absolute Gasteiger partial charge is 0.379 e. The number of nitrogens with zero attached hydrogens (tertiary/aromatic N) is 1. The second-order valence-corrected chi connectivity index (χ2v) is 5.14. The maximum absolute atomic E-state index is 10.9. The maximum atomic E-state index is 10.9. The van der Waals surface area contributed by atoms with Crippen molar-refractivity contribution in [1.29, 1.82) is 0 Å². The van der Waals surface area contributed by atoms with E-state index in [9.17, 15) is 10.1 Å². The summed E-state index contributed by atoms with van der Waals surface area (Å²) in [7, 11) is 0. The lowest BCUT2D eigenvalue weighted by Gasteiger charge is -2.20. The number of hydrogen-bond acceptors (Lipinski definition) is 3. The monoisotopic (exact) mass is 222 g/mol. The summed E-state index contributed by atoms with van der Waals surface area (Å²) >= 11 is 0. The van der Waals surface area contributed by atoms with Crippen molar-refractivity contribution in [2.45, 2.75) is 27.7 Å². The molecule has 0 aromatic heterocycles. The maximum Gasteiger partial charge on any atom is 0.292 e. The third-order valence-corrected chi connectivity index (χ3v) is 2.24. The van der Waals surface area contributed by atoms with E-state index in [1.165, 1.54) is 6.07 Å². The third-order valence-electron chi connectivity index (χ3n) is 2.24. The molecule has 0 saturated carbocycles. The highest BCUT2D eigenvalue weighted by Gasteiger charge is 2.17. The summed E-state index contributed by atoms with van der Waals surface area (Å²) in [6, 6.07) is 5.10. The molecule has 0 atom stereocenters. The SMILES string of the molecule is Cc1cccc([N+](=O)[O-])c1NCC(C)(C)C. The molecule has 1 N–H and O–H groups in total. The minimum absolute atomic E-state index is 0.0934. The van der Waals surface area contributed by atoms with E-state index in [2.05, 4.69) is 26.1 Å². The van der Waals surface area contributed by atoms with Gasteiger partial charge in [-0.05, 0) is 17.9 Å². The van der Waals surface area contributed by atoms with Gasteiger partial charge in [0.15, 0.2) is 0 Å². The van der Waals surface area contributed by atoms with E-state index in [4.69, 9.17) is 0 Å². The van der Waals surface area contributed by atoms with Gasteiger partial charge in [-0.2, -0.15) is 0 Å². The number of nitro benzene ring substituents is 1. The van der Waals surface area contributed by atoms with Crippen molar-refractivity contribution >= 4 is 11.4 Å². The highest BCUT2D eigenvalue weighted by atomic mass is 16.6. The molecule has 0 amide bonds. The molecule has 0 heterocycles. The molecule has 0 radical (unpaired) electrons. The van der Waals surface area contributed by atoms with Crippen LogP contribution in [0.15, 0.2) is 18.2 Å². The molecule has 4 nitrogen and oxygen atoms in total. The Hall–Kier alpha value is -1.58. The zero-order chi connectivity index (χ0) is 12.3. The first-order valence-electron chi connectivity index (χ1n) is 5.29. The number of aryl methyl sites for hydroxylation is 1. The number of hydrogen-bond donors (Lipinski definition) is 1. The molecule has 1 rings (SSSR count). The first-order chi connectivity index (χ1) is 7.31. The Labute approximate surface area is 95.8 Å². The summed E-state index contributed by atoms with van der Waals surface area (Å²) in [5.41, 5.74) is 1.76. The van der Waals surface area contributed by atoms with Crippen LogP contribution in [-0.2, 0) is 0 Å². The van der Waals surface area contributed by atoms with Crippen LogP contribution < -0.4 is 5.32 Å². The molecule has 0 unspecified atom stereocenters. The van der Waals surface area contributed by atoms with Gasteiger partial charge in [0.1, 0.15) is 5.69 Å². The predicted octanol–water partition coefficient (Wildman–Crippen LogP) is 3.36. The Morgan fingerprint density at radius 1 is 1.38 bits per heavy atom. The van der Waals surface area contributed by atoms with Gasteiger partial charge in [0.05, 0.1) is 4.92 Å². The second kappa shape index (κ2) is 4.51. The molecule has 0 fully saturated rings. The van der Waals surface area contributed by atoms with E-state index < -0.39 is 0 Å². The number of nitrogens with one attached hydrogen (secondary N) is 1. The van der Waals surface area contributed by atoms with Crippen molar-refractivity contribution in [3.8, 4) is 0 Å². The van der Waals surface area contributed by atoms with Crippen molar-refractivity contribution in [2.75, 3.05) is 11.9 Å². The Bertz CT molecular complexity index is 394. The predicted molar refractivity (Wildman–Crippen MR) is 65.8 cm³/mol. The first-order valence-corrected chi connectivity index (χ1v) is 5.29. The molecule has 4 heteroatoms. The van der Waals surface area contributed by atoms with E-state index in [-0.39, 0.29) is 16.0 Å². The fraction of sp³-hybridized carbons (Fsp3) is 0.500. The molecule has 0 aliphatic rings. The van der Waals surface area contributed by atoms with Gasteiger partial charge < -0.3 is 5.32 Å². The molecular weight excluding hydrogens is 204 g/mol. The van der Waals surface area contributed by atoms with E-state index in [1.807, 2.05) is 13.0 Å². The van der Waals surface area contributed by atoms with Gasteiger partial charge in [-0.1, -0.05) is 32.9 Å². The molecule has 0 bridgehead atoms. The van der Waals surface area contributed by atoms with Crippen molar-refractivity contribution in [3.05, 3.63) is 33.9 Å². The summed E-state index contributed by atoms with van der Waals surface area (Å²) in [6.45, 7) is 8.84. The van der Waals surface area contributed by atoms with Crippen LogP contribution in [0.25, 0.3) is 0 Å². The minimum atomic E-state index is -0.349. The van der Waals surface area contributed by atoms with Crippen LogP contribution in [0.4, 0.5) is 11.4 Å². The summed E-state index contributed by atoms with van der Waals surface area (Å²) < 4.78 is 0. The Balaban J connectivity index is 2.98. The summed E-state index contributed by atoms with van der Waals surface area (Å²) in [5, 5.41) is 14.0. The summed E-state index contributed by atoms with van der Waals surface area (Å²) in [5.74, 6) is 0. The number of rotatable bonds is 3. The minimum Gasteiger partial charge on any atom is -0.379 e. The summed E-state index contributed by atoms with van der Waals surface area (Å²) in [4.78, 5) is 10.5. The number of para-hydroxylation sites is 1. The van der Waals surface area contributed by atoms with Crippen molar-refractivity contribution in [3.63, 3.8) is 0 Å². The average molecular weight is 222 g/mol. The lowest BCUT2D eigenvalue weighted by atomic mass is 9.96. The molecule has 0 aliphatic carbocycles. The zero-order valence-electron chi connectivity index (χ0n) is 10.2. The topological polar surface area (TPSA) is 55.2 Å². The van der Waals surface area contributed by atoms with Crippen LogP contribution in [0.3, 0.4) is 0 Å². The molecular formula is C12H18N2O2. The smallest absolute Gasteiger partial charge is 0.292 e. The molecule has 1 aromatic rings. The van der Waals surface area contributed by atoms with Crippen molar-refractivity contribution < 1.29 is 4.92 Å². The average Bonchev–Trinajstić information content (AvgIpc) is 2.13. The van der Waals surface area contributed by atoms with Gasteiger partial charge in [0.2, 0.25) is 0 Å². The van der Waals surface area contributed by atoms with Crippen LogP contribution in [-0.4, -0.2) is 11.5 Å². The standard InChI is InChI=1S/C12H18N2O2/c1-9-6-5-7-10(14(15)16)11(9)13-8-12(2,3)4/h5-7,13H,8H2,1-4H3. The molecule has 0 saturated heterocycles. The number of anilines is 1. The van der Waals surface area contributed by atoms with Gasteiger partial charge in [-0.3, -0.25) is 10.1 Å². The van der Waals surface area contributed by atoms with Crippen LogP contribution in [0.1, 0.15) is 26.3 Å². The highest BCUT2D eigenvalue weighted by molar-refractivity contribution is 5.65. The van der Waals surface area contributed by atoms with E-state index >= 15 is 0 Å². The molecule has 0 spiro atoms. The van der Waals surface area contributed by atoms with E-state index in [0.29, 0.717) is 12.2 Å². The van der Waals surface area contributed by atoms with Gasteiger partial charge >= 0.3 is 0 Å².